The van der Waals surface area contributed by atoms with Crippen LogP contribution in [0, 0.1) is 5.92 Å². The van der Waals surface area contributed by atoms with Crippen molar-refractivity contribution >= 4 is 29.0 Å². The van der Waals surface area contributed by atoms with Gasteiger partial charge < -0.3 is 10.2 Å². The number of aryl methyl sites for hydroxylation is 2. The van der Waals surface area contributed by atoms with Crippen LogP contribution in [-0.4, -0.2) is 29.2 Å². The molecule has 1 aromatic carbocycles. The lowest BCUT2D eigenvalue weighted by molar-refractivity contribution is -0.120. The lowest BCUT2D eigenvalue weighted by atomic mass is 9.95. The molecule has 2 heterocycles. The van der Waals surface area contributed by atoms with Crippen molar-refractivity contribution in [3.63, 3.8) is 0 Å². The Morgan fingerprint density at radius 2 is 1.77 bits per heavy atom. The van der Waals surface area contributed by atoms with Crippen molar-refractivity contribution in [2.45, 2.75) is 39.5 Å². The zero-order valence-corrected chi connectivity index (χ0v) is 16.1. The summed E-state index contributed by atoms with van der Waals surface area (Å²) in [5.41, 5.74) is 3.41. The highest BCUT2D eigenvalue weighted by atomic mass is 35.5. The maximum atomic E-state index is 12.8. The number of para-hydroxylation sites is 1. The Labute approximate surface area is 159 Å². The van der Waals surface area contributed by atoms with E-state index in [1.807, 2.05) is 6.07 Å². The molecule has 0 unspecified atom stereocenters. The Hall–Kier alpha value is -2.14. The number of piperidine rings is 1. The SMILES string of the molecule is CCc1cccc(CC)c1NC(=O)C1CCN(c2ccc(Cl)nn2)CC1. The summed E-state index contributed by atoms with van der Waals surface area (Å²) in [5.74, 6) is 0.974. The maximum Gasteiger partial charge on any atom is 0.227 e. The molecule has 0 saturated carbocycles. The summed E-state index contributed by atoms with van der Waals surface area (Å²) in [4.78, 5) is 15.0. The minimum Gasteiger partial charge on any atom is -0.355 e. The van der Waals surface area contributed by atoms with E-state index in [1.165, 1.54) is 11.1 Å². The van der Waals surface area contributed by atoms with Gasteiger partial charge in [0.2, 0.25) is 5.91 Å². The molecule has 1 N–H and O–H groups in total. The maximum absolute atomic E-state index is 12.8. The molecular weight excluding hydrogens is 348 g/mol. The molecule has 0 spiro atoms. The number of hydrogen-bond donors (Lipinski definition) is 1. The fourth-order valence-corrected chi connectivity index (χ4v) is 3.58. The van der Waals surface area contributed by atoms with Crippen LogP contribution in [0.25, 0.3) is 0 Å². The van der Waals surface area contributed by atoms with E-state index in [2.05, 4.69) is 52.5 Å². The molecule has 0 bridgehead atoms. The number of carbonyl (C=O) groups excluding carboxylic acids is 1. The predicted octanol–water partition coefficient (Wildman–Crippen LogP) is 4.11. The third kappa shape index (κ3) is 4.15. The molecular formula is C20H25ClN4O. The van der Waals surface area contributed by atoms with Crippen LogP contribution >= 0.6 is 11.6 Å². The first-order valence-electron chi connectivity index (χ1n) is 9.28. The Balaban J connectivity index is 1.63. The largest absolute Gasteiger partial charge is 0.355 e. The van der Waals surface area contributed by atoms with E-state index in [0.29, 0.717) is 5.15 Å². The number of nitrogens with zero attached hydrogens (tertiary/aromatic N) is 3. The van der Waals surface area contributed by atoms with Crippen LogP contribution in [-0.2, 0) is 17.6 Å². The molecule has 1 amide bonds. The zero-order valence-electron chi connectivity index (χ0n) is 15.3. The van der Waals surface area contributed by atoms with E-state index < -0.39 is 0 Å². The zero-order chi connectivity index (χ0) is 18.5. The Kier molecular flexibility index (Phi) is 6.09. The van der Waals surface area contributed by atoms with E-state index in [-0.39, 0.29) is 11.8 Å². The standard InChI is InChI=1S/C20H25ClN4O/c1-3-14-6-5-7-15(4-2)19(14)22-20(26)16-10-12-25(13-11-16)18-9-8-17(21)23-24-18/h5-9,16H,3-4,10-13H2,1-2H3,(H,22,26). The second kappa shape index (κ2) is 8.49. The van der Waals surface area contributed by atoms with Crippen LogP contribution in [0.5, 0.6) is 0 Å². The molecule has 138 valence electrons. The summed E-state index contributed by atoms with van der Waals surface area (Å²) in [6, 6.07) is 9.88. The number of halogens is 1. The van der Waals surface area contributed by atoms with Gasteiger partial charge in [0, 0.05) is 24.7 Å². The van der Waals surface area contributed by atoms with Gasteiger partial charge in [0.15, 0.2) is 11.0 Å². The van der Waals surface area contributed by atoms with Gasteiger partial charge in [-0.15, -0.1) is 10.2 Å². The molecule has 0 atom stereocenters. The van der Waals surface area contributed by atoms with E-state index in [9.17, 15) is 4.79 Å². The molecule has 26 heavy (non-hydrogen) atoms. The second-order valence-electron chi connectivity index (χ2n) is 6.62. The van der Waals surface area contributed by atoms with Gasteiger partial charge in [0.25, 0.3) is 0 Å². The molecule has 1 saturated heterocycles. The van der Waals surface area contributed by atoms with Gasteiger partial charge in [0.05, 0.1) is 0 Å². The Morgan fingerprint density at radius 3 is 2.31 bits per heavy atom. The quantitative estimate of drug-likeness (QED) is 0.858. The summed E-state index contributed by atoms with van der Waals surface area (Å²) >= 11 is 5.80. The fraction of sp³-hybridized carbons (Fsp3) is 0.450. The molecule has 5 nitrogen and oxygen atoms in total. The first-order chi connectivity index (χ1) is 12.6. The third-order valence-electron chi connectivity index (χ3n) is 5.05. The number of amides is 1. The second-order valence-corrected chi connectivity index (χ2v) is 7.01. The number of aromatic nitrogens is 2. The van der Waals surface area contributed by atoms with Crippen LogP contribution in [0.4, 0.5) is 11.5 Å². The molecule has 0 radical (unpaired) electrons. The lowest BCUT2D eigenvalue weighted by Crippen LogP contribution is -2.38. The van der Waals surface area contributed by atoms with Crippen molar-refractivity contribution < 1.29 is 4.79 Å². The van der Waals surface area contributed by atoms with Gasteiger partial charge in [0.1, 0.15) is 0 Å². The van der Waals surface area contributed by atoms with Crippen molar-refractivity contribution in [1.82, 2.24) is 10.2 Å². The van der Waals surface area contributed by atoms with Gasteiger partial charge in [-0.25, -0.2) is 0 Å². The molecule has 2 aromatic rings. The fourth-order valence-electron chi connectivity index (χ4n) is 3.48. The highest BCUT2D eigenvalue weighted by molar-refractivity contribution is 6.29. The smallest absolute Gasteiger partial charge is 0.227 e. The van der Waals surface area contributed by atoms with E-state index in [4.69, 9.17) is 11.6 Å². The Bertz CT molecular complexity index is 733. The van der Waals surface area contributed by atoms with Crippen LogP contribution in [0.1, 0.15) is 37.8 Å². The highest BCUT2D eigenvalue weighted by Crippen LogP contribution is 2.26. The molecule has 6 heteroatoms. The minimum absolute atomic E-state index is 0.0288. The third-order valence-corrected chi connectivity index (χ3v) is 5.26. The number of nitrogens with one attached hydrogen (secondary N) is 1. The van der Waals surface area contributed by atoms with E-state index in [0.717, 1.165) is 50.3 Å². The summed E-state index contributed by atoms with van der Waals surface area (Å²) in [6.07, 6.45) is 3.45. The van der Waals surface area contributed by atoms with Crippen molar-refractivity contribution in [3.05, 3.63) is 46.6 Å². The number of anilines is 2. The van der Waals surface area contributed by atoms with E-state index >= 15 is 0 Å². The van der Waals surface area contributed by atoms with Gasteiger partial charge in [-0.05, 0) is 48.9 Å². The average molecular weight is 373 g/mol. The number of benzene rings is 1. The molecule has 1 aliphatic rings. The van der Waals surface area contributed by atoms with Crippen molar-refractivity contribution in [2.24, 2.45) is 5.92 Å². The van der Waals surface area contributed by atoms with Gasteiger partial charge in [-0.2, -0.15) is 0 Å². The summed E-state index contributed by atoms with van der Waals surface area (Å²) in [6.45, 7) is 5.83. The topological polar surface area (TPSA) is 58.1 Å². The first-order valence-corrected chi connectivity index (χ1v) is 9.66. The average Bonchev–Trinajstić information content (AvgIpc) is 2.68. The van der Waals surface area contributed by atoms with Gasteiger partial charge in [-0.1, -0.05) is 43.6 Å². The Morgan fingerprint density at radius 1 is 1.12 bits per heavy atom. The number of rotatable bonds is 5. The van der Waals surface area contributed by atoms with Crippen LogP contribution in [0.15, 0.2) is 30.3 Å². The highest BCUT2D eigenvalue weighted by Gasteiger charge is 2.26. The van der Waals surface area contributed by atoms with Crippen molar-refractivity contribution in [2.75, 3.05) is 23.3 Å². The van der Waals surface area contributed by atoms with Crippen LogP contribution in [0.2, 0.25) is 5.15 Å². The normalized spacial score (nSPS) is 15.1. The van der Waals surface area contributed by atoms with Crippen LogP contribution in [0.3, 0.4) is 0 Å². The summed E-state index contributed by atoms with van der Waals surface area (Å²) in [5, 5.41) is 11.6. The van der Waals surface area contributed by atoms with Gasteiger partial charge in [-0.3, -0.25) is 4.79 Å². The number of hydrogen-bond acceptors (Lipinski definition) is 4. The predicted molar refractivity (Wildman–Crippen MR) is 106 cm³/mol. The molecule has 0 aliphatic carbocycles. The summed E-state index contributed by atoms with van der Waals surface area (Å²) in [7, 11) is 0. The monoisotopic (exact) mass is 372 g/mol. The molecule has 1 fully saturated rings. The lowest BCUT2D eigenvalue weighted by Gasteiger charge is -2.32. The van der Waals surface area contributed by atoms with Crippen molar-refractivity contribution in [3.8, 4) is 0 Å². The molecule has 3 rings (SSSR count). The van der Waals surface area contributed by atoms with Gasteiger partial charge >= 0.3 is 0 Å². The number of carbonyl (C=O) groups is 1. The van der Waals surface area contributed by atoms with Crippen molar-refractivity contribution in [1.29, 1.82) is 0 Å². The van der Waals surface area contributed by atoms with Crippen LogP contribution < -0.4 is 10.2 Å². The first kappa shape index (κ1) is 18.6. The molecule has 1 aromatic heterocycles. The molecule has 1 aliphatic heterocycles. The minimum atomic E-state index is 0.0288. The van der Waals surface area contributed by atoms with E-state index in [1.54, 1.807) is 6.07 Å². The summed E-state index contributed by atoms with van der Waals surface area (Å²) < 4.78 is 0.